The fraction of sp³-hybridized carbons (Fsp3) is 0.0833. The van der Waals surface area contributed by atoms with Crippen LogP contribution in [0.1, 0.15) is 0 Å². The van der Waals surface area contributed by atoms with Crippen LogP contribution in [0.3, 0.4) is 0 Å². The van der Waals surface area contributed by atoms with Gasteiger partial charge in [-0.3, -0.25) is 9.88 Å². The molecule has 2 heterocycles. The number of carbonyl (C=O) groups excluding carboxylic acids is 1. The summed E-state index contributed by atoms with van der Waals surface area (Å²) in [5.74, 6) is -0.391. The average molecular weight is 246 g/mol. The van der Waals surface area contributed by atoms with Gasteiger partial charge in [-0.1, -0.05) is 6.07 Å². The number of hydrogen-bond donors (Lipinski definition) is 1. The number of aromatic nitrogens is 2. The molecule has 2 aromatic heterocycles. The lowest BCUT2D eigenvalue weighted by molar-refractivity contribution is 0.258. The van der Waals surface area contributed by atoms with Crippen molar-refractivity contribution in [3.8, 4) is 0 Å². The van der Waals surface area contributed by atoms with E-state index in [-0.39, 0.29) is 5.82 Å². The van der Waals surface area contributed by atoms with Gasteiger partial charge in [-0.05, 0) is 24.3 Å². The standard InChI is InChI=1S/C12H11FN4O/c1-17(11-4-2-3-10(13)16-11)12(18)15-9-5-7-14-8-6-9/h2-8H,1H3,(H,14,15,18). The summed E-state index contributed by atoms with van der Waals surface area (Å²) in [7, 11) is 1.51. The van der Waals surface area contributed by atoms with E-state index >= 15 is 0 Å². The molecular weight excluding hydrogens is 235 g/mol. The van der Waals surface area contributed by atoms with Gasteiger partial charge in [0.2, 0.25) is 5.95 Å². The van der Waals surface area contributed by atoms with E-state index in [0.29, 0.717) is 5.69 Å². The zero-order valence-electron chi connectivity index (χ0n) is 9.67. The molecule has 0 aliphatic heterocycles. The fourth-order valence-corrected chi connectivity index (χ4v) is 1.33. The predicted octanol–water partition coefficient (Wildman–Crippen LogP) is 2.28. The quantitative estimate of drug-likeness (QED) is 0.827. The van der Waals surface area contributed by atoms with Crippen molar-refractivity contribution < 1.29 is 9.18 Å². The van der Waals surface area contributed by atoms with Crippen LogP contribution in [-0.4, -0.2) is 23.0 Å². The molecule has 2 amide bonds. The highest BCUT2D eigenvalue weighted by molar-refractivity contribution is 6.00. The van der Waals surface area contributed by atoms with E-state index in [1.807, 2.05) is 0 Å². The Morgan fingerprint density at radius 2 is 2.00 bits per heavy atom. The van der Waals surface area contributed by atoms with Crippen molar-refractivity contribution in [3.63, 3.8) is 0 Å². The van der Waals surface area contributed by atoms with Crippen molar-refractivity contribution in [2.24, 2.45) is 0 Å². The van der Waals surface area contributed by atoms with Gasteiger partial charge in [0.25, 0.3) is 0 Å². The molecule has 0 fully saturated rings. The molecular formula is C12H11FN4O. The van der Waals surface area contributed by atoms with E-state index in [1.54, 1.807) is 30.6 Å². The summed E-state index contributed by atoms with van der Waals surface area (Å²) in [4.78, 5) is 20.5. The summed E-state index contributed by atoms with van der Waals surface area (Å²) in [6, 6.07) is 7.18. The number of pyridine rings is 2. The Kier molecular flexibility index (Phi) is 3.47. The molecule has 0 aromatic carbocycles. The average Bonchev–Trinajstić information content (AvgIpc) is 2.39. The first kappa shape index (κ1) is 12.0. The number of urea groups is 1. The van der Waals surface area contributed by atoms with Gasteiger partial charge in [-0.2, -0.15) is 4.39 Å². The summed E-state index contributed by atoms with van der Waals surface area (Å²) in [6.07, 6.45) is 3.13. The number of hydrogen-bond acceptors (Lipinski definition) is 3. The summed E-state index contributed by atoms with van der Waals surface area (Å²) >= 11 is 0. The second kappa shape index (κ2) is 5.22. The molecule has 0 aliphatic carbocycles. The minimum atomic E-state index is -0.629. The Bertz CT molecular complexity index is 547. The van der Waals surface area contributed by atoms with Crippen LogP contribution in [0.25, 0.3) is 0 Å². The molecule has 0 spiro atoms. The van der Waals surface area contributed by atoms with Crippen LogP contribution in [0.5, 0.6) is 0 Å². The second-order valence-corrected chi connectivity index (χ2v) is 3.54. The zero-order chi connectivity index (χ0) is 13.0. The molecule has 92 valence electrons. The maximum Gasteiger partial charge on any atom is 0.327 e. The maximum absolute atomic E-state index is 12.9. The predicted molar refractivity (Wildman–Crippen MR) is 65.9 cm³/mol. The van der Waals surface area contributed by atoms with Crippen LogP contribution < -0.4 is 10.2 Å². The summed E-state index contributed by atoms with van der Waals surface area (Å²) in [5.41, 5.74) is 0.609. The van der Waals surface area contributed by atoms with Crippen LogP contribution in [0.4, 0.5) is 20.7 Å². The molecule has 0 saturated carbocycles. The molecule has 0 bridgehead atoms. The van der Waals surface area contributed by atoms with Gasteiger partial charge in [-0.15, -0.1) is 0 Å². The third-order valence-electron chi connectivity index (χ3n) is 2.28. The van der Waals surface area contributed by atoms with Gasteiger partial charge in [-0.25, -0.2) is 9.78 Å². The number of carbonyl (C=O) groups is 1. The molecule has 2 rings (SSSR count). The van der Waals surface area contributed by atoms with E-state index in [1.165, 1.54) is 24.1 Å². The van der Waals surface area contributed by atoms with E-state index in [4.69, 9.17) is 0 Å². The fourth-order valence-electron chi connectivity index (χ4n) is 1.33. The molecule has 18 heavy (non-hydrogen) atoms. The van der Waals surface area contributed by atoms with Crippen molar-refractivity contribution in [2.75, 3.05) is 17.3 Å². The normalized spacial score (nSPS) is 9.89. The van der Waals surface area contributed by atoms with Crippen molar-refractivity contribution in [1.29, 1.82) is 0 Å². The van der Waals surface area contributed by atoms with E-state index in [9.17, 15) is 9.18 Å². The number of nitrogens with one attached hydrogen (secondary N) is 1. The van der Waals surface area contributed by atoms with Gasteiger partial charge < -0.3 is 5.32 Å². The van der Waals surface area contributed by atoms with Crippen molar-refractivity contribution >= 4 is 17.5 Å². The van der Waals surface area contributed by atoms with Crippen molar-refractivity contribution in [3.05, 3.63) is 48.7 Å². The monoisotopic (exact) mass is 246 g/mol. The van der Waals surface area contributed by atoms with Crippen LogP contribution in [0, 0.1) is 5.95 Å². The van der Waals surface area contributed by atoms with Crippen LogP contribution in [0.15, 0.2) is 42.7 Å². The summed E-state index contributed by atoms with van der Waals surface area (Å²) < 4.78 is 12.9. The third kappa shape index (κ3) is 2.79. The molecule has 2 aromatic rings. The molecule has 6 heteroatoms. The Morgan fingerprint density at radius 1 is 1.28 bits per heavy atom. The number of anilines is 2. The molecule has 5 nitrogen and oxygen atoms in total. The summed E-state index contributed by atoms with van der Waals surface area (Å²) in [6.45, 7) is 0. The van der Waals surface area contributed by atoms with Crippen LogP contribution >= 0.6 is 0 Å². The molecule has 0 atom stereocenters. The third-order valence-corrected chi connectivity index (χ3v) is 2.28. The topological polar surface area (TPSA) is 58.1 Å². The largest absolute Gasteiger partial charge is 0.327 e. The van der Waals surface area contributed by atoms with Gasteiger partial charge in [0.05, 0.1) is 0 Å². The highest BCUT2D eigenvalue weighted by atomic mass is 19.1. The van der Waals surface area contributed by atoms with E-state index < -0.39 is 12.0 Å². The zero-order valence-corrected chi connectivity index (χ0v) is 9.67. The number of rotatable bonds is 2. The minimum Gasteiger partial charge on any atom is -0.307 e. The highest BCUT2D eigenvalue weighted by Crippen LogP contribution is 2.11. The number of amides is 2. The minimum absolute atomic E-state index is 0.238. The lowest BCUT2D eigenvalue weighted by atomic mass is 10.4. The SMILES string of the molecule is CN(C(=O)Nc1ccncc1)c1cccc(F)n1. The maximum atomic E-state index is 12.9. The molecule has 0 aliphatic rings. The smallest absolute Gasteiger partial charge is 0.307 e. The van der Waals surface area contributed by atoms with Crippen molar-refractivity contribution in [1.82, 2.24) is 9.97 Å². The molecule has 0 saturated heterocycles. The van der Waals surface area contributed by atoms with Gasteiger partial charge in [0.15, 0.2) is 0 Å². The van der Waals surface area contributed by atoms with Gasteiger partial charge in [0.1, 0.15) is 5.82 Å². The second-order valence-electron chi connectivity index (χ2n) is 3.54. The van der Waals surface area contributed by atoms with Gasteiger partial charge >= 0.3 is 6.03 Å². The number of halogens is 1. The van der Waals surface area contributed by atoms with E-state index in [2.05, 4.69) is 15.3 Å². The van der Waals surface area contributed by atoms with Crippen LogP contribution in [0.2, 0.25) is 0 Å². The first-order valence-corrected chi connectivity index (χ1v) is 5.24. The number of nitrogens with zero attached hydrogens (tertiary/aromatic N) is 3. The lowest BCUT2D eigenvalue weighted by Crippen LogP contribution is -2.31. The van der Waals surface area contributed by atoms with E-state index in [0.717, 1.165) is 0 Å². The highest BCUT2D eigenvalue weighted by Gasteiger charge is 2.12. The Balaban J connectivity index is 2.10. The summed E-state index contributed by atoms with van der Waals surface area (Å²) in [5, 5.41) is 2.64. The lowest BCUT2D eigenvalue weighted by Gasteiger charge is -2.16. The Morgan fingerprint density at radius 3 is 2.67 bits per heavy atom. The molecule has 0 unspecified atom stereocenters. The first-order chi connectivity index (χ1) is 8.66. The molecule has 1 N–H and O–H groups in total. The Labute approximate surface area is 103 Å². The van der Waals surface area contributed by atoms with Crippen LogP contribution in [-0.2, 0) is 0 Å². The molecule has 0 radical (unpaired) electrons. The van der Waals surface area contributed by atoms with Gasteiger partial charge in [0, 0.05) is 25.1 Å². The van der Waals surface area contributed by atoms with Crippen molar-refractivity contribution in [2.45, 2.75) is 0 Å². The first-order valence-electron chi connectivity index (χ1n) is 5.24. The Hall–Kier alpha value is -2.50.